The molecule has 0 fully saturated rings. The van der Waals surface area contributed by atoms with Gasteiger partial charge < -0.3 is 24.3 Å². The van der Waals surface area contributed by atoms with Gasteiger partial charge in [-0.1, -0.05) is 0 Å². The standard InChI is InChI=1S/C14H17NO6/c1-18-9-5-6-12(19-2)10(7-9)15-11(14(17)21-4)8-13(16)20-3/h5-8,15H,1-4H3. The number of hydrogen-bond donors (Lipinski definition) is 1. The van der Waals surface area contributed by atoms with Gasteiger partial charge in [-0.2, -0.15) is 0 Å². The smallest absolute Gasteiger partial charge is 0.354 e. The van der Waals surface area contributed by atoms with Gasteiger partial charge in [0.2, 0.25) is 0 Å². The molecular weight excluding hydrogens is 278 g/mol. The molecule has 0 aromatic heterocycles. The van der Waals surface area contributed by atoms with Crippen LogP contribution < -0.4 is 14.8 Å². The first-order valence-corrected chi connectivity index (χ1v) is 5.92. The largest absolute Gasteiger partial charge is 0.497 e. The minimum absolute atomic E-state index is 0.0871. The van der Waals surface area contributed by atoms with Gasteiger partial charge in [0, 0.05) is 6.07 Å². The average molecular weight is 295 g/mol. The van der Waals surface area contributed by atoms with E-state index in [1.165, 1.54) is 28.4 Å². The monoisotopic (exact) mass is 295 g/mol. The summed E-state index contributed by atoms with van der Waals surface area (Å²) in [5.74, 6) is -0.383. The van der Waals surface area contributed by atoms with Crippen molar-refractivity contribution in [1.82, 2.24) is 0 Å². The summed E-state index contributed by atoms with van der Waals surface area (Å²) >= 11 is 0. The van der Waals surface area contributed by atoms with Crippen LogP contribution in [0.4, 0.5) is 5.69 Å². The highest BCUT2D eigenvalue weighted by molar-refractivity contribution is 5.99. The highest BCUT2D eigenvalue weighted by Crippen LogP contribution is 2.30. The number of hydrogen-bond acceptors (Lipinski definition) is 7. The predicted molar refractivity (Wildman–Crippen MR) is 75.3 cm³/mol. The van der Waals surface area contributed by atoms with Crippen LogP contribution in [0.15, 0.2) is 30.0 Å². The maximum atomic E-state index is 11.7. The number of rotatable bonds is 6. The summed E-state index contributed by atoms with van der Waals surface area (Å²) < 4.78 is 19.4. The summed E-state index contributed by atoms with van der Waals surface area (Å²) in [5.41, 5.74) is 0.355. The summed E-state index contributed by atoms with van der Waals surface area (Å²) in [4.78, 5) is 23.0. The van der Waals surface area contributed by atoms with E-state index in [4.69, 9.17) is 9.47 Å². The van der Waals surface area contributed by atoms with Crippen molar-refractivity contribution in [2.75, 3.05) is 33.8 Å². The molecule has 0 saturated heterocycles. The lowest BCUT2D eigenvalue weighted by Crippen LogP contribution is -2.16. The highest BCUT2D eigenvalue weighted by atomic mass is 16.5. The molecule has 21 heavy (non-hydrogen) atoms. The van der Waals surface area contributed by atoms with Gasteiger partial charge in [-0.05, 0) is 12.1 Å². The SMILES string of the molecule is COC(=O)C=C(Nc1cc(OC)ccc1OC)C(=O)OC. The second kappa shape index (κ2) is 7.78. The molecule has 0 bridgehead atoms. The van der Waals surface area contributed by atoms with E-state index in [1.807, 2.05) is 0 Å². The van der Waals surface area contributed by atoms with Gasteiger partial charge in [0.15, 0.2) is 0 Å². The van der Waals surface area contributed by atoms with E-state index in [-0.39, 0.29) is 5.70 Å². The van der Waals surface area contributed by atoms with Crippen molar-refractivity contribution >= 4 is 17.6 Å². The van der Waals surface area contributed by atoms with E-state index >= 15 is 0 Å². The lowest BCUT2D eigenvalue weighted by Gasteiger charge is -2.13. The van der Waals surface area contributed by atoms with Crippen LogP contribution in [0.5, 0.6) is 11.5 Å². The molecule has 0 saturated carbocycles. The molecule has 0 aliphatic heterocycles. The third-order valence-corrected chi connectivity index (χ3v) is 2.54. The Bertz CT molecular complexity index is 552. The van der Waals surface area contributed by atoms with E-state index in [1.54, 1.807) is 18.2 Å². The van der Waals surface area contributed by atoms with E-state index in [0.717, 1.165) is 6.08 Å². The first-order chi connectivity index (χ1) is 10.0. The summed E-state index contributed by atoms with van der Waals surface area (Å²) in [5, 5.41) is 2.77. The Balaban J connectivity index is 3.16. The molecule has 1 aromatic carbocycles. The Morgan fingerprint density at radius 1 is 1.05 bits per heavy atom. The lowest BCUT2D eigenvalue weighted by atomic mass is 10.2. The number of anilines is 1. The molecule has 7 nitrogen and oxygen atoms in total. The van der Waals surface area contributed by atoms with Crippen molar-refractivity contribution in [2.24, 2.45) is 0 Å². The number of nitrogens with one attached hydrogen (secondary N) is 1. The van der Waals surface area contributed by atoms with Crippen molar-refractivity contribution < 1.29 is 28.5 Å². The van der Waals surface area contributed by atoms with E-state index in [0.29, 0.717) is 17.2 Å². The topological polar surface area (TPSA) is 83.1 Å². The Morgan fingerprint density at radius 3 is 2.29 bits per heavy atom. The fourth-order valence-electron chi connectivity index (χ4n) is 1.49. The molecule has 1 N–H and O–H groups in total. The van der Waals surface area contributed by atoms with E-state index in [2.05, 4.69) is 14.8 Å². The predicted octanol–water partition coefficient (Wildman–Crippen LogP) is 1.35. The van der Waals surface area contributed by atoms with Crippen molar-refractivity contribution in [3.63, 3.8) is 0 Å². The fraction of sp³-hybridized carbons (Fsp3) is 0.286. The van der Waals surface area contributed by atoms with Crippen LogP contribution >= 0.6 is 0 Å². The molecule has 0 atom stereocenters. The molecule has 0 spiro atoms. The molecule has 114 valence electrons. The van der Waals surface area contributed by atoms with Crippen molar-refractivity contribution in [1.29, 1.82) is 0 Å². The van der Waals surface area contributed by atoms with Crippen LogP contribution in [0.2, 0.25) is 0 Å². The summed E-state index contributed by atoms with van der Waals surface area (Å²) in [6, 6.07) is 4.98. The molecule has 0 amide bonds. The maximum absolute atomic E-state index is 11.7. The molecule has 0 aliphatic rings. The third-order valence-electron chi connectivity index (χ3n) is 2.54. The van der Waals surface area contributed by atoms with Crippen LogP contribution in [0.25, 0.3) is 0 Å². The minimum Gasteiger partial charge on any atom is -0.497 e. The second-order valence-electron chi connectivity index (χ2n) is 3.76. The van der Waals surface area contributed by atoms with Crippen molar-refractivity contribution in [3.05, 3.63) is 30.0 Å². The summed E-state index contributed by atoms with van der Waals surface area (Å²) in [6.07, 6.45) is 0.991. The number of carbonyl (C=O) groups excluding carboxylic acids is 2. The van der Waals surface area contributed by atoms with Crippen LogP contribution in [0.1, 0.15) is 0 Å². The molecule has 0 radical (unpaired) electrons. The molecule has 0 aliphatic carbocycles. The van der Waals surface area contributed by atoms with Gasteiger partial charge in [-0.25, -0.2) is 9.59 Å². The number of ether oxygens (including phenoxy) is 4. The lowest BCUT2D eigenvalue weighted by molar-refractivity contribution is -0.138. The molecule has 7 heteroatoms. The number of benzene rings is 1. The zero-order chi connectivity index (χ0) is 15.8. The van der Waals surface area contributed by atoms with Crippen LogP contribution in [0.3, 0.4) is 0 Å². The zero-order valence-corrected chi connectivity index (χ0v) is 12.3. The molecule has 1 aromatic rings. The maximum Gasteiger partial charge on any atom is 0.354 e. The van der Waals surface area contributed by atoms with Gasteiger partial charge in [0.05, 0.1) is 40.2 Å². The van der Waals surface area contributed by atoms with Crippen molar-refractivity contribution in [3.8, 4) is 11.5 Å². The number of esters is 2. The highest BCUT2D eigenvalue weighted by Gasteiger charge is 2.15. The Kier molecular flexibility index (Phi) is 6.06. The van der Waals surface area contributed by atoms with Gasteiger partial charge in [0.1, 0.15) is 17.2 Å². The summed E-state index contributed by atoms with van der Waals surface area (Å²) in [7, 11) is 5.41. The average Bonchev–Trinajstić information content (AvgIpc) is 2.52. The molecular formula is C14H17NO6. The van der Waals surface area contributed by atoms with Crippen LogP contribution in [0, 0.1) is 0 Å². The first kappa shape index (κ1) is 16.4. The second-order valence-corrected chi connectivity index (χ2v) is 3.76. The summed E-state index contributed by atoms with van der Waals surface area (Å²) in [6.45, 7) is 0. The number of methoxy groups -OCH3 is 4. The Morgan fingerprint density at radius 2 is 1.76 bits per heavy atom. The minimum atomic E-state index is -0.717. The Labute approximate surface area is 122 Å². The number of carbonyl (C=O) groups is 2. The first-order valence-electron chi connectivity index (χ1n) is 5.92. The third kappa shape index (κ3) is 4.41. The van der Waals surface area contributed by atoms with Gasteiger partial charge in [-0.3, -0.25) is 0 Å². The normalized spacial score (nSPS) is 10.6. The van der Waals surface area contributed by atoms with Crippen LogP contribution in [-0.2, 0) is 19.1 Å². The van der Waals surface area contributed by atoms with E-state index < -0.39 is 11.9 Å². The van der Waals surface area contributed by atoms with E-state index in [9.17, 15) is 9.59 Å². The molecule has 0 unspecified atom stereocenters. The molecule has 1 rings (SSSR count). The van der Waals surface area contributed by atoms with Gasteiger partial charge >= 0.3 is 11.9 Å². The zero-order valence-electron chi connectivity index (χ0n) is 12.3. The fourth-order valence-corrected chi connectivity index (χ4v) is 1.49. The van der Waals surface area contributed by atoms with Crippen molar-refractivity contribution in [2.45, 2.75) is 0 Å². The van der Waals surface area contributed by atoms with Crippen LogP contribution in [-0.4, -0.2) is 40.4 Å². The van der Waals surface area contributed by atoms with Gasteiger partial charge in [0.25, 0.3) is 0 Å². The Hall–Kier alpha value is -2.70. The molecule has 0 heterocycles. The van der Waals surface area contributed by atoms with Gasteiger partial charge in [-0.15, -0.1) is 0 Å². The quantitative estimate of drug-likeness (QED) is 0.626.